The summed E-state index contributed by atoms with van der Waals surface area (Å²) in [4.78, 5) is 16.4. The van der Waals surface area contributed by atoms with Gasteiger partial charge in [0.05, 0.1) is 25.3 Å². The van der Waals surface area contributed by atoms with Crippen LogP contribution in [0.25, 0.3) is 0 Å². The molecule has 1 saturated heterocycles. The van der Waals surface area contributed by atoms with Crippen LogP contribution in [0.15, 0.2) is 41.8 Å². The largest absolute Gasteiger partial charge is 0.379 e. The maximum atomic E-state index is 12.7. The highest BCUT2D eigenvalue weighted by atomic mass is 32.1. The van der Waals surface area contributed by atoms with Gasteiger partial charge < -0.3 is 15.4 Å². The van der Waals surface area contributed by atoms with Crippen molar-refractivity contribution < 1.29 is 9.53 Å². The van der Waals surface area contributed by atoms with Crippen molar-refractivity contribution in [3.63, 3.8) is 0 Å². The van der Waals surface area contributed by atoms with Gasteiger partial charge in [-0.2, -0.15) is 0 Å². The highest BCUT2D eigenvalue weighted by Crippen LogP contribution is 2.26. The van der Waals surface area contributed by atoms with E-state index in [1.807, 2.05) is 19.1 Å². The molecule has 1 aliphatic rings. The van der Waals surface area contributed by atoms with Crippen molar-refractivity contribution in [2.24, 2.45) is 0 Å². The predicted molar refractivity (Wildman–Crippen MR) is 121 cm³/mol. The third kappa shape index (κ3) is 6.12. The number of benzene rings is 1. The minimum atomic E-state index is -0.277. The van der Waals surface area contributed by atoms with Crippen molar-refractivity contribution in [2.45, 2.75) is 45.2 Å². The first-order valence-electron chi connectivity index (χ1n) is 10.3. The molecule has 2 unspecified atom stereocenters. The molecule has 0 spiro atoms. The third-order valence-corrected chi connectivity index (χ3v) is 6.36. The number of carbonyl (C=O) groups is 1. The molecule has 158 valence electrons. The van der Waals surface area contributed by atoms with Crippen molar-refractivity contribution in [3.05, 3.63) is 52.2 Å². The fourth-order valence-electron chi connectivity index (χ4n) is 3.46. The van der Waals surface area contributed by atoms with Crippen molar-refractivity contribution >= 4 is 22.9 Å². The van der Waals surface area contributed by atoms with Crippen LogP contribution < -0.4 is 10.6 Å². The van der Waals surface area contributed by atoms with Crippen LogP contribution in [-0.2, 0) is 14.9 Å². The second kappa shape index (κ2) is 9.85. The monoisotopic (exact) mass is 415 g/mol. The van der Waals surface area contributed by atoms with E-state index < -0.39 is 0 Å². The van der Waals surface area contributed by atoms with Crippen molar-refractivity contribution in [1.82, 2.24) is 10.2 Å². The summed E-state index contributed by atoms with van der Waals surface area (Å²) < 4.78 is 5.50. The summed E-state index contributed by atoms with van der Waals surface area (Å²) in [6.07, 6.45) is 0. The Bertz CT molecular complexity index is 762. The molecule has 1 aromatic heterocycles. The fourth-order valence-corrected chi connectivity index (χ4v) is 4.33. The van der Waals surface area contributed by atoms with Crippen LogP contribution in [-0.4, -0.2) is 49.7 Å². The Morgan fingerprint density at radius 3 is 2.45 bits per heavy atom. The minimum Gasteiger partial charge on any atom is -0.379 e. The Labute approximate surface area is 178 Å². The fraction of sp³-hybridized carbons (Fsp3) is 0.522. The van der Waals surface area contributed by atoms with Crippen LogP contribution in [0.5, 0.6) is 0 Å². The van der Waals surface area contributed by atoms with Gasteiger partial charge in [-0.3, -0.25) is 9.69 Å². The van der Waals surface area contributed by atoms with E-state index in [9.17, 15) is 4.79 Å². The van der Waals surface area contributed by atoms with Crippen LogP contribution >= 0.6 is 11.3 Å². The van der Waals surface area contributed by atoms with Crippen LogP contribution in [0.2, 0.25) is 0 Å². The summed E-state index contributed by atoms with van der Waals surface area (Å²) in [5, 5.41) is 8.57. The summed E-state index contributed by atoms with van der Waals surface area (Å²) in [6.45, 7) is 12.6. The van der Waals surface area contributed by atoms with E-state index in [1.165, 1.54) is 10.4 Å². The van der Waals surface area contributed by atoms with Crippen LogP contribution in [0.3, 0.4) is 0 Å². The van der Waals surface area contributed by atoms with Gasteiger partial charge >= 0.3 is 0 Å². The first-order chi connectivity index (χ1) is 13.8. The number of rotatable bonds is 7. The lowest BCUT2D eigenvalue weighted by Crippen LogP contribution is -2.46. The molecule has 29 heavy (non-hydrogen) atoms. The Kier molecular flexibility index (Phi) is 7.46. The van der Waals surface area contributed by atoms with Gasteiger partial charge in [-0.1, -0.05) is 39.0 Å². The lowest BCUT2D eigenvalue weighted by Gasteiger charge is -2.34. The summed E-state index contributed by atoms with van der Waals surface area (Å²) in [6, 6.07) is 12.4. The van der Waals surface area contributed by atoms with Crippen LogP contribution in [0, 0.1) is 0 Å². The highest BCUT2D eigenvalue weighted by Gasteiger charge is 2.25. The number of hydrogen-bond acceptors (Lipinski definition) is 5. The van der Waals surface area contributed by atoms with Gasteiger partial charge in [-0.05, 0) is 41.5 Å². The topological polar surface area (TPSA) is 53.6 Å². The predicted octanol–water partition coefficient (Wildman–Crippen LogP) is 4.04. The molecule has 3 rings (SSSR count). The molecule has 0 radical (unpaired) electrons. The van der Waals surface area contributed by atoms with Crippen molar-refractivity contribution in [3.8, 4) is 0 Å². The molecule has 2 aromatic rings. The second-order valence-electron chi connectivity index (χ2n) is 8.63. The Morgan fingerprint density at radius 1 is 1.17 bits per heavy atom. The van der Waals surface area contributed by atoms with Gasteiger partial charge in [0.2, 0.25) is 5.91 Å². The van der Waals surface area contributed by atoms with E-state index >= 15 is 0 Å². The molecule has 0 aliphatic carbocycles. The highest BCUT2D eigenvalue weighted by molar-refractivity contribution is 7.10. The molecule has 0 bridgehead atoms. The van der Waals surface area contributed by atoms with E-state index in [4.69, 9.17) is 4.74 Å². The molecular formula is C23H33N3O2S. The Hall–Kier alpha value is -1.73. The van der Waals surface area contributed by atoms with Crippen molar-refractivity contribution in [1.29, 1.82) is 0 Å². The zero-order chi connectivity index (χ0) is 20.9. The summed E-state index contributed by atoms with van der Waals surface area (Å²) >= 11 is 1.77. The quantitative estimate of drug-likeness (QED) is 0.717. The van der Waals surface area contributed by atoms with Gasteiger partial charge in [0.1, 0.15) is 0 Å². The number of ether oxygens (including phenoxy) is 1. The van der Waals surface area contributed by atoms with Gasteiger partial charge in [-0.15, -0.1) is 11.3 Å². The Balaban J connectivity index is 1.56. The molecule has 2 atom stereocenters. The van der Waals surface area contributed by atoms with Crippen LogP contribution in [0.4, 0.5) is 5.69 Å². The number of carbonyl (C=O) groups excluding carboxylic acids is 1. The van der Waals surface area contributed by atoms with Crippen LogP contribution in [0.1, 0.15) is 44.2 Å². The number of amides is 1. The molecular weight excluding hydrogens is 382 g/mol. The molecule has 1 fully saturated rings. The summed E-state index contributed by atoms with van der Waals surface area (Å²) in [7, 11) is 0. The van der Waals surface area contributed by atoms with E-state index in [0.717, 1.165) is 38.5 Å². The molecule has 1 aromatic carbocycles. The van der Waals surface area contributed by atoms with E-state index in [1.54, 1.807) is 11.3 Å². The molecule has 0 saturated carbocycles. The lowest BCUT2D eigenvalue weighted by molar-refractivity contribution is -0.117. The minimum absolute atomic E-state index is 0.0135. The molecule has 6 heteroatoms. The number of morpholine rings is 1. The molecule has 2 heterocycles. The zero-order valence-electron chi connectivity index (χ0n) is 17.9. The van der Waals surface area contributed by atoms with Gasteiger partial charge in [-0.25, -0.2) is 0 Å². The lowest BCUT2D eigenvalue weighted by atomic mass is 9.87. The average Bonchev–Trinajstić information content (AvgIpc) is 3.23. The van der Waals surface area contributed by atoms with Gasteiger partial charge in [0, 0.05) is 30.2 Å². The van der Waals surface area contributed by atoms with Gasteiger partial charge in [0.15, 0.2) is 0 Å². The molecule has 1 amide bonds. The number of anilines is 1. The van der Waals surface area contributed by atoms with Gasteiger partial charge in [0.25, 0.3) is 0 Å². The smallest absolute Gasteiger partial charge is 0.241 e. The number of nitrogens with zero attached hydrogens (tertiary/aromatic N) is 1. The number of hydrogen-bond donors (Lipinski definition) is 2. The van der Waals surface area contributed by atoms with E-state index in [0.29, 0.717) is 0 Å². The second-order valence-corrected chi connectivity index (χ2v) is 9.61. The first-order valence-corrected chi connectivity index (χ1v) is 11.2. The summed E-state index contributed by atoms with van der Waals surface area (Å²) in [5.74, 6) is -0.0135. The summed E-state index contributed by atoms with van der Waals surface area (Å²) in [5.41, 5.74) is 2.19. The molecule has 5 nitrogen and oxygen atoms in total. The average molecular weight is 416 g/mol. The van der Waals surface area contributed by atoms with E-state index in [-0.39, 0.29) is 23.4 Å². The number of nitrogens with one attached hydrogen (secondary N) is 2. The SMILES string of the molecule is CC(NCC(c1cccs1)N1CCOCC1)C(=O)Nc1ccc(C(C)(C)C)cc1. The number of thiophene rings is 1. The molecule has 1 aliphatic heterocycles. The van der Waals surface area contributed by atoms with Crippen molar-refractivity contribution in [2.75, 3.05) is 38.2 Å². The Morgan fingerprint density at radius 2 is 1.86 bits per heavy atom. The maximum absolute atomic E-state index is 12.7. The molecule has 2 N–H and O–H groups in total. The standard InChI is InChI=1S/C23H33N3O2S/c1-17(22(27)25-19-9-7-18(8-10-19)23(2,3)4)24-16-20(21-6-5-15-29-21)26-11-13-28-14-12-26/h5-10,15,17,20,24H,11-14,16H2,1-4H3,(H,25,27). The first kappa shape index (κ1) is 22.0. The normalized spacial score (nSPS) is 17.7. The van der Waals surface area contributed by atoms with E-state index in [2.05, 4.69) is 66.0 Å². The zero-order valence-corrected chi connectivity index (χ0v) is 18.7. The maximum Gasteiger partial charge on any atom is 0.241 e. The third-order valence-electron chi connectivity index (χ3n) is 5.39.